The lowest BCUT2D eigenvalue weighted by molar-refractivity contribution is -0.0290. The van der Waals surface area contributed by atoms with Gasteiger partial charge in [-0.05, 0) is 43.3 Å². The van der Waals surface area contributed by atoms with Crippen LogP contribution in [-0.2, 0) is 5.92 Å². The highest BCUT2D eigenvalue weighted by molar-refractivity contribution is 7.10. The zero-order valence-corrected chi connectivity index (χ0v) is 9.33. The first-order valence-corrected chi connectivity index (χ1v) is 6.19. The molecule has 1 aromatic rings. The van der Waals surface area contributed by atoms with Gasteiger partial charge < -0.3 is 5.32 Å². The minimum atomic E-state index is -2.63. The van der Waals surface area contributed by atoms with Crippen LogP contribution in [0.1, 0.15) is 24.1 Å². The van der Waals surface area contributed by atoms with Gasteiger partial charge in [0.2, 0.25) is 0 Å². The van der Waals surface area contributed by atoms with Crippen LogP contribution in [0.4, 0.5) is 8.78 Å². The van der Waals surface area contributed by atoms with Gasteiger partial charge in [0, 0.05) is 6.42 Å². The van der Waals surface area contributed by atoms with E-state index >= 15 is 0 Å². The molecule has 1 nitrogen and oxygen atoms in total. The lowest BCUT2D eigenvalue weighted by Gasteiger charge is -2.26. The van der Waals surface area contributed by atoms with E-state index in [0.29, 0.717) is 0 Å². The quantitative estimate of drug-likeness (QED) is 0.842. The molecule has 0 saturated carbocycles. The van der Waals surface area contributed by atoms with Gasteiger partial charge in [0.1, 0.15) is 0 Å². The summed E-state index contributed by atoms with van der Waals surface area (Å²) in [6.07, 6.45) is 1.76. The molecule has 2 rings (SSSR count). The van der Waals surface area contributed by atoms with E-state index in [1.54, 1.807) is 11.4 Å². The van der Waals surface area contributed by atoms with Crippen molar-refractivity contribution in [2.45, 2.75) is 25.2 Å². The van der Waals surface area contributed by atoms with E-state index in [1.807, 2.05) is 0 Å². The Balaban J connectivity index is 1.97. The summed E-state index contributed by atoms with van der Waals surface area (Å²) in [5.41, 5.74) is 0. The lowest BCUT2D eigenvalue weighted by Crippen LogP contribution is -2.30. The number of halogens is 2. The Morgan fingerprint density at radius 3 is 2.73 bits per heavy atom. The highest BCUT2D eigenvalue weighted by Gasteiger charge is 2.35. The number of nitrogens with one attached hydrogen (secondary N) is 1. The second kappa shape index (κ2) is 4.58. The molecule has 84 valence electrons. The molecular weight excluding hydrogens is 216 g/mol. The van der Waals surface area contributed by atoms with Gasteiger partial charge in [-0.3, -0.25) is 0 Å². The SMILES string of the molecule is FC(F)(CC1CCNCC1)c1cccs1. The van der Waals surface area contributed by atoms with Gasteiger partial charge in [0.25, 0.3) is 5.92 Å². The zero-order valence-electron chi connectivity index (χ0n) is 8.51. The topological polar surface area (TPSA) is 12.0 Å². The number of thiophene rings is 1. The van der Waals surface area contributed by atoms with E-state index in [4.69, 9.17) is 0 Å². The predicted octanol–water partition coefficient (Wildman–Crippen LogP) is 3.23. The monoisotopic (exact) mass is 231 g/mol. The molecule has 0 bridgehead atoms. The van der Waals surface area contributed by atoms with E-state index < -0.39 is 5.92 Å². The van der Waals surface area contributed by atoms with Crippen LogP contribution in [0.15, 0.2) is 17.5 Å². The van der Waals surface area contributed by atoms with Gasteiger partial charge in [-0.15, -0.1) is 11.3 Å². The van der Waals surface area contributed by atoms with E-state index in [0.717, 1.165) is 37.3 Å². The van der Waals surface area contributed by atoms with Gasteiger partial charge in [-0.1, -0.05) is 6.07 Å². The molecular formula is C11H15F2NS. The van der Waals surface area contributed by atoms with Crippen molar-refractivity contribution in [1.29, 1.82) is 0 Å². The predicted molar refractivity (Wildman–Crippen MR) is 58.4 cm³/mol. The van der Waals surface area contributed by atoms with Gasteiger partial charge in [-0.2, -0.15) is 0 Å². The summed E-state index contributed by atoms with van der Waals surface area (Å²) in [6.45, 7) is 1.76. The number of hydrogen-bond acceptors (Lipinski definition) is 2. The van der Waals surface area contributed by atoms with Gasteiger partial charge >= 0.3 is 0 Å². The fraction of sp³-hybridized carbons (Fsp3) is 0.636. The van der Waals surface area contributed by atoms with Crippen LogP contribution >= 0.6 is 11.3 Å². The molecule has 1 fully saturated rings. The Kier molecular flexibility index (Phi) is 3.36. The first-order valence-electron chi connectivity index (χ1n) is 5.31. The fourth-order valence-electron chi connectivity index (χ4n) is 2.04. The first-order chi connectivity index (χ1) is 7.18. The van der Waals surface area contributed by atoms with Crippen molar-refractivity contribution in [3.05, 3.63) is 22.4 Å². The fourth-order valence-corrected chi connectivity index (χ4v) is 2.75. The summed E-state index contributed by atoms with van der Waals surface area (Å²) in [5, 5.41) is 4.91. The number of alkyl halides is 2. The van der Waals surface area contributed by atoms with Crippen molar-refractivity contribution < 1.29 is 8.78 Å². The van der Waals surface area contributed by atoms with Crippen molar-refractivity contribution in [2.75, 3.05) is 13.1 Å². The van der Waals surface area contributed by atoms with Crippen LogP contribution in [0.25, 0.3) is 0 Å². The second-order valence-corrected chi connectivity index (χ2v) is 5.03. The number of rotatable bonds is 3. The van der Waals surface area contributed by atoms with Crippen molar-refractivity contribution in [2.24, 2.45) is 5.92 Å². The maximum Gasteiger partial charge on any atom is 0.282 e. The summed E-state index contributed by atoms with van der Waals surface area (Å²) in [5.74, 6) is -2.46. The average molecular weight is 231 g/mol. The van der Waals surface area contributed by atoms with Crippen LogP contribution in [0.2, 0.25) is 0 Å². The molecule has 0 aromatic carbocycles. The molecule has 0 unspecified atom stereocenters. The highest BCUT2D eigenvalue weighted by Crippen LogP contribution is 2.39. The molecule has 1 aromatic heterocycles. The first kappa shape index (κ1) is 11.0. The molecule has 0 aliphatic carbocycles. The summed E-state index contributed by atoms with van der Waals surface area (Å²) in [4.78, 5) is 0.209. The van der Waals surface area contributed by atoms with Gasteiger partial charge in [-0.25, -0.2) is 8.78 Å². The molecule has 0 amide bonds. The standard InChI is InChI=1S/C11H15F2NS/c12-11(13,10-2-1-7-15-10)8-9-3-5-14-6-4-9/h1-2,7,9,14H,3-6,8H2. The van der Waals surface area contributed by atoms with Crippen LogP contribution in [0, 0.1) is 5.92 Å². The molecule has 1 N–H and O–H groups in total. The second-order valence-electron chi connectivity index (χ2n) is 4.08. The molecule has 1 saturated heterocycles. The summed E-state index contributed by atoms with van der Waals surface area (Å²) in [7, 11) is 0. The molecule has 0 spiro atoms. The van der Waals surface area contributed by atoms with Crippen LogP contribution < -0.4 is 5.32 Å². The summed E-state index contributed by atoms with van der Waals surface area (Å²) >= 11 is 1.15. The Labute approximate surface area is 92.5 Å². The van der Waals surface area contributed by atoms with E-state index in [-0.39, 0.29) is 17.2 Å². The molecule has 15 heavy (non-hydrogen) atoms. The maximum atomic E-state index is 13.8. The van der Waals surface area contributed by atoms with Crippen molar-refractivity contribution in [3.8, 4) is 0 Å². The smallest absolute Gasteiger partial charge is 0.282 e. The largest absolute Gasteiger partial charge is 0.317 e. The van der Waals surface area contributed by atoms with Crippen molar-refractivity contribution >= 4 is 11.3 Å². The minimum Gasteiger partial charge on any atom is -0.317 e. The Morgan fingerprint density at radius 1 is 1.40 bits per heavy atom. The summed E-state index contributed by atoms with van der Waals surface area (Å²) < 4.78 is 27.5. The molecule has 4 heteroatoms. The Bertz CT molecular complexity index is 292. The third kappa shape index (κ3) is 2.75. The van der Waals surface area contributed by atoms with Crippen molar-refractivity contribution in [3.63, 3.8) is 0 Å². The minimum absolute atomic E-state index is 0.00912. The molecule has 0 atom stereocenters. The van der Waals surface area contributed by atoms with E-state index in [2.05, 4.69) is 5.32 Å². The normalized spacial score (nSPS) is 19.3. The Morgan fingerprint density at radius 2 is 2.13 bits per heavy atom. The van der Waals surface area contributed by atoms with Crippen molar-refractivity contribution in [1.82, 2.24) is 5.32 Å². The number of piperidine rings is 1. The summed E-state index contributed by atoms with van der Waals surface area (Å²) in [6, 6.07) is 3.22. The highest BCUT2D eigenvalue weighted by atomic mass is 32.1. The third-order valence-electron chi connectivity index (χ3n) is 2.89. The van der Waals surface area contributed by atoms with Gasteiger partial charge in [0.15, 0.2) is 0 Å². The van der Waals surface area contributed by atoms with E-state index in [9.17, 15) is 8.78 Å². The van der Waals surface area contributed by atoms with Crippen LogP contribution in [-0.4, -0.2) is 13.1 Å². The zero-order chi connectivity index (χ0) is 10.7. The van der Waals surface area contributed by atoms with E-state index in [1.165, 1.54) is 6.07 Å². The van der Waals surface area contributed by atoms with Crippen LogP contribution in [0.5, 0.6) is 0 Å². The molecule has 1 aliphatic heterocycles. The molecule has 0 radical (unpaired) electrons. The van der Waals surface area contributed by atoms with Gasteiger partial charge in [0.05, 0.1) is 4.88 Å². The van der Waals surface area contributed by atoms with Crippen LogP contribution in [0.3, 0.4) is 0 Å². The lowest BCUT2D eigenvalue weighted by atomic mass is 9.91. The number of hydrogen-bond donors (Lipinski definition) is 1. The Hall–Kier alpha value is -0.480. The maximum absolute atomic E-state index is 13.8. The third-order valence-corrected chi connectivity index (χ3v) is 3.87. The molecule has 1 aliphatic rings. The average Bonchev–Trinajstić information content (AvgIpc) is 2.71. The molecule has 2 heterocycles.